The molecule has 1 N–H and O–H groups in total. The van der Waals surface area contributed by atoms with E-state index < -0.39 is 27.0 Å². The van der Waals surface area contributed by atoms with Crippen LogP contribution in [0.1, 0.15) is 12.8 Å². The van der Waals surface area contributed by atoms with Crippen LogP contribution >= 0.6 is 12.4 Å². The fraction of sp³-hybridized carbons (Fsp3) is 1.00. The van der Waals surface area contributed by atoms with Crippen molar-refractivity contribution in [2.75, 3.05) is 18.8 Å². The Morgan fingerprint density at radius 3 is 2.33 bits per heavy atom. The van der Waals surface area contributed by atoms with Crippen molar-refractivity contribution in [2.45, 2.75) is 18.3 Å². The van der Waals surface area contributed by atoms with Gasteiger partial charge in [-0.2, -0.15) is 13.2 Å². The van der Waals surface area contributed by atoms with Crippen molar-refractivity contribution in [1.82, 2.24) is 5.32 Å². The maximum absolute atomic E-state index is 12.0. The summed E-state index contributed by atoms with van der Waals surface area (Å²) in [6, 6.07) is 0. The average Bonchev–Trinajstić information content (AvgIpc) is 2.03. The van der Waals surface area contributed by atoms with Crippen LogP contribution in [-0.4, -0.2) is 32.8 Å². The zero-order chi connectivity index (χ0) is 10.8. The molecule has 1 saturated heterocycles. The zero-order valence-corrected chi connectivity index (χ0v) is 9.51. The van der Waals surface area contributed by atoms with Crippen molar-refractivity contribution in [3.05, 3.63) is 0 Å². The lowest BCUT2D eigenvalue weighted by atomic mass is 10.0. The molecule has 0 amide bonds. The summed E-state index contributed by atoms with van der Waals surface area (Å²) in [7, 11) is -4.94. The first-order valence-corrected chi connectivity index (χ1v) is 5.98. The Balaban J connectivity index is 0.00000196. The standard InChI is InChI=1S/C7H12F3NO2S.ClH/c8-7(9,10)14(12,13)5-6-2-1-3-11-4-6;/h6,11H,1-5H2;1H. The summed E-state index contributed by atoms with van der Waals surface area (Å²) in [5.74, 6) is -1.20. The average molecular weight is 268 g/mol. The van der Waals surface area contributed by atoms with Crippen LogP contribution in [0.3, 0.4) is 0 Å². The number of sulfone groups is 1. The summed E-state index contributed by atoms with van der Waals surface area (Å²) in [6.45, 7) is 1.11. The lowest BCUT2D eigenvalue weighted by molar-refractivity contribution is -0.0439. The van der Waals surface area contributed by atoms with E-state index in [9.17, 15) is 21.6 Å². The Morgan fingerprint density at radius 1 is 1.33 bits per heavy atom. The molecule has 1 heterocycles. The molecule has 92 valence electrons. The Kier molecular flexibility index (Phi) is 5.35. The van der Waals surface area contributed by atoms with Gasteiger partial charge >= 0.3 is 5.51 Å². The molecule has 8 heteroatoms. The van der Waals surface area contributed by atoms with E-state index in [1.165, 1.54) is 0 Å². The Bertz CT molecular complexity index is 285. The van der Waals surface area contributed by atoms with Crippen molar-refractivity contribution in [2.24, 2.45) is 5.92 Å². The van der Waals surface area contributed by atoms with Crippen molar-refractivity contribution in [1.29, 1.82) is 0 Å². The van der Waals surface area contributed by atoms with Crippen LogP contribution < -0.4 is 5.32 Å². The first kappa shape index (κ1) is 15.0. The Hall–Kier alpha value is -0.0100. The summed E-state index contributed by atoms with van der Waals surface area (Å²) in [5, 5.41) is 2.88. The van der Waals surface area contributed by atoms with Gasteiger partial charge < -0.3 is 5.32 Å². The SMILES string of the molecule is Cl.O=S(=O)(CC1CCCNC1)C(F)(F)F. The third-order valence-corrected chi connectivity index (χ3v) is 3.82. The van der Waals surface area contributed by atoms with Crippen LogP contribution in [0.2, 0.25) is 0 Å². The molecule has 0 aromatic carbocycles. The third kappa shape index (κ3) is 4.16. The lowest BCUT2D eigenvalue weighted by Crippen LogP contribution is -2.37. The van der Waals surface area contributed by atoms with Crippen LogP contribution in [0.25, 0.3) is 0 Å². The molecule has 0 bridgehead atoms. The molecule has 0 radical (unpaired) electrons. The minimum atomic E-state index is -5.11. The van der Waals surface area contributed by atoms with E-state index in [0.717, 1.165) is 13.0 Å². The van der Waals surface area contributed by atoms with Gasteiger partial charge in [0.25, 0.3) is 0 Å². The van der Waals surface area contributed by atoms with E-state index in [0.29, 0.717) is 13.0 Å². The van der Waals surface area contributed by atoms with Crippen molar-refractivity contribution in [3.63, 3.8) is 0 Å². The molecule has 1 aliphatic heterocycles. The molecular formula is C7H13ClF3NO2S. The highest BCUT2D eigenvalue weighted by atomic mass is 35.5. The largest absolute Gasteiger partial charge is 0.497 e. The highest BCUT2D eigenvalue weighted by Gasteiger charge is 2.46. The third-order valence-electron chi connectivity index (χ3n) is 2.21. The highest BCUT2D eigenvalue weighted by molar-refractivity contribution is 7.92. The molecular weight excluding hydrogens is 255 g/mol. The van der Waals surface area contributed by atoms with Gasteiger partial charge in [0.1, 0.15) is 0 Å². The number of hydrogen-bond donors (Lipinski definition) is 1. The van der Waals surface area contributed by atoms with Crippen LogP contribution in [-0.2, 0) is 9.84 Å². The number of hydrogen-bond acceptors (Lipinski definition) is 3. The van der Waals surface area contributed by atoms with E-state index >= 15 is 0 Å². The fourth-order valence-electron chi connectivity index (χ4n) is 1.47. The predicted molar refractivity (Wildman–Crippen MR) is 52.7 cm³/mol. The second-order valence-corrected chi connectivity index (χ2v) is 5.47. The maximum Gasteiger partial charge on any atom is 0.497 e. The fourth-order valence-corrected chi connectivity index (χ4v) is 2.57. The molecule has 0 aliphatic carbocycles. The highest BCUT2D eigenvalue weighted by Crippen LogP contribution is 2.26. The molecule has 0 aromatic heterocycles. The molecule has 0 aromatic rings. The quantitative estimate of drug-likeness (QED) is 0.821. The van der Waals surface area contributed by atoms with E-state index in [4.69, 9.17) is 0 Å². The number of alkyl halides is 3. The van der Waals surface area contributed by atoms with Gasteiger partial charge in [0.05, 0.1) is 5.75 Å². The molecule has 1 atom stereocenters. The monoisotopic (exact) mass is 267 g/mol. The molecule has 0 saturated carbocycles. The Morgan fingerprint density at radius 2 is 1.93 bits per heavy atom. The van der Waals surface area contributed by atoms with Gasteiger partial charge in [-0.15, -0.1) is 12.4 Å². The number of halogens is 4. The minimum Gasteiger partial charge on any atom is -0.316 e. The molecule has 3 nitrogen and oxygen atoms in total. The maximum atomic E-state index is 12.0. The summed E-state index contributed by atoms with van der Waals surface area (Å²) in [5.41, 5.74) is -5.11. The van der Waals surface area contributed by atoms with Gasteiger partial charge in [-0.3, -0.25) is 0 Å². The predicted octanol–water partition coefficient (Wildman–Crippen LogP) is 1.34. The van der Waals surface area contributed by atoms with Crippen molar-refractivity contribution >= 4 is 22.2 Å². The minimum absolute atomic E-state index is 0. The van der Waals surface area contributed by atoms with Gasteiger partial charge in [-0.25, -0.2) is 8.42 Å². The smallest absolute Gasteiger partial charge is 0.316 e. The molecule has 15 heavy (non-hydrogen) atoms. The zero-order valence-electron chi connectivity index (χ0n) is 7.88. The number of nitrogens with one attached hydrogen (secondary N) is 1. The molecule has 1 rings (SSSR count). The second-order valence-electron chi connectivity index (χ2n) is 3.44. The molecule has 1 unspecified atom stereocenters. The second kappa shape index (κ2) is 5.36. The molecule has 1 aliphatic rings. The summed E-state index contributed by atoms with van der Waals surface area (Å²) in [4.78, 5) is 0. The van der Waals surface area contributed by atoms with Gasteiger partial charge in [0.15, 0.2) is 0 Å². The number of piperidine rings is 1. The first-order valence-electron chi connectivity index (χ1n) is 4.32. The van der Waals surface area contributed by atoms with Gasteiger partial charge in [-0.05, 0) is 31.8 Å². The topological polar surface area (TPSA) is 46.2 Å². The van der Waals surface area contributed by atoms with Gasteiger partial charge in [-0.1, -0.05) is 0 Å². The summed E-state index contributed by atoms with van der Waals surface area (Å²) < 4.78 is 57.5. The van der Waals surface area contributed by atoms with E-state index in [1.807, 2.05) is 0 Å². The van der Waals surface area contributed by atoms with Gasteiger partial charge in [0, 0.05) is 0 Å². The first-order chi connectivity index (χ1) is 6.33. The summed E-state index contributed by atoms with van der Waals surface area (Å²) >= 11 is 0. The Labute approximate surface area is 92.7 Å². The van der Waals surface area contributed by atoms with Crippen molar-refractivity contribution < 1.29 is 21.6 Å². The van der Waals surface area contributed by atoms with Crippen molar-refractivity contribution in [3.8, 4) is 0 Å². The van der Waals surface area contributed by atoms with E-state index in [-0.39, 0.29) is 12.4 Å². The molecule has 0 spiro atoms. The van der Waals surface area contributed by atoms with Crippen LogP contribution in [0.5, 0.6) is 0 Å². The summed E-state index contributed by atoms with van der Waals surface area (Å²) in [6.07, 6.45) is 1.28. The number of rotatable bonds is 2. The van der Waals surface area contributed by atoms with Crippen LogP contribution in [0.15, 0.2) is 0 Å². The van der Waals surface area contributed by atoms with Crippen LogP contribution in [0, 0.1) is 5.92 Å². The van der Waals surface area contributed by atoms with Crippen LogP contribution in [0.4, 0.5) is 13.2 Å². The normalized spacial score (nSPS) is 23.3. The van der Waals surface area contributed by atoms with E-state index in [2.05, 4.69) is 5.32 Å². The molecule has 1 fully saturated rings. The lowest BCUT2D eigenvalue weighted by Gasteiger charge is -2.22. The van der Waals surface area contributed by atoms with E-state index in [1.54, 1.807) is 0 Å². The van der Waals surface area contributed by atoms with Gasteiger partial charge in [0.2, 0.25) is 9.84 Å².